The molecule has 0 radical (unpaired) electrons. The topological polar surface area (TPSA) is 59.2 Å². The van der Waals surface area contributed by atoms with E-state index in [1.165, 1.54) is 4.88 Å². The van der Waals surface area contributed by atoms with Crippen molar-refractivity contribution in [2.24, 2.45) is 0 Å². The van der Waals surface area contributed by atoms with Gasteiger partial charge in [0.15, 0.2) is 5.82 Å². The quantitative estimate of drug-likeness (QED) is 0.825. The van der Waals surface area contributed by atoms with Gasteiger partial charge in [-0.25, -0.2) is 0 Å². The maximum atomic E-state index is 9.21. The number of aromatic nitrogens is 2. The van der Waals surface area contributed by atoms with Crippen molar-refractivity contribution in [2.75, 3.05) is 0 Å². The fraction of sp³-hybridized carbons (Fsp3) is 0.333. The molecule has 0 aliphatic rings. The monoisotopic (exact) mass is 210 g/mol. The maximum absolute atomic E-state index is 9.21. The average Bonchev–Trinajstić information content (AvgIpc) is 2.70. The van der Waals surface area contributed by atoms with Gasteiger partial charge in [0.1, 0.15) is 6.10 Å². The minimum Gasteiger partial charge on any atom is -0.385 e. The summed E-state index contributed by atoms with van der Waals surface area (Å²) >= 11 is 1.59. The molecule has 1 N–H and O–H groups in total. The smallest absolute Gasteiger partial charge is 0.268 e. The van der Waals surface area contributed by atoms with Gasteiger partial charge in [-0.2, -0.15) is 4.98 Å². The van der Waals surface area contributed by atoms with E-state index in [-0.39, 0.29) is 0 Å². The Hall–Kier alpha value is -1.20. The van der Waals surface area contributed by atoms with E-state index in [0.29, 0.717) is 11.7 Å². The zero-order chi connectivity index (χ0) is 10.1. The van der Waals surface area contributed by atoms with Gasteiger partial charge in [-0.15, -0.1) is 11.3 Å². The predicted octanol–water partition coefficient (Wildman–Crippen LogP) is 2.16. The lowest BCUT2D eigenvalue weighted by Gasteiger charge is -1.91. The number of rotatable bonds is 2. The van der Waals surface area contributed by atoms with Crippen LogP contribution in [0.3, 0.4) is 0 Å². The first-order chi connectivity index (χ1) is 6.66. The van der Waals surface area contributed by atoms with E-state index >= 15 is 0 Å². The van der Waals surface area contributed by atoms with Gasteiger partial charge < -0.3 is 9.63 Å². The molecule has 0 aliphatic heterocycles. The lowest BCUT2D eigenvalue weighted by molar-refractivity contribution is 0.184. The van der Waals surface area contributed by atoms with Gasteiger partial charge in [0, 0.05) is 4.88 Å². The second-order valence-electron chi connectivity index (χ2n) is 3.04. The first-order valence-electron chi connectivity index (χ1n) is 4.25. The molecule has 0 amide bonds. The van der Waals surface area contributed by atoms with E-state index in [0.717, 1.165) is 4.88 Å². The van der Waals surface area contributed by atoms with Gasteiger partial charge >= 0.3 is 0 Å². The summed E-state index contributed by atoms with van der Waals surface area (Å²) < 4.78 is 5.01. The lowest BCUT2D eigenvalue weighted by Crippen LogP contribution is -1.92. The first kappa shape index (κ1) is 9.36. The predicted molar refractivity (Wildman–Crippen MR) is 53.0 cm³/mol. The van der Waals surface area contributed by atoms with E-state index in [2.05, 4.69) is 10.1 Å². The highest BCUT2D eigenvalue weighted by molar-refractivity contribution is 7.15. The molecular weight excluding hydrogens is 200 g/mol. The largest absolute Gasteiger partial charge is 0.385 e. The third kappa shape index (κ3) is 1.69. The summed E-state index contributed by atoms with van der Waals surface area (Å²) in [5, 5.41) is 12.9. The second kappa shape index (κ2) is 3.51. The van der Waals surface area contributed by atoms with Crippen LogP contribution in [0.5, 0.6) is 0 Å². The molecule has 0 aromatic carbocycles. The second-order valence-corrected chi connectivity index (χ2v) is 4.33. The van der Waals surface area contributed by atoms with Crippen LogP contribution in [0.15, 0.2) is 16.7 Å². The molecule has 0 fully saturated rings. The molecule has 0 saturated carbocycles. The van der Waals surface area contributed by atoms with Gasteiger partial charge in [0.2, 0.25) is 0 Å². The minimum atomic E-state index is -0.687. The Kier molecular flexibility index (Phi) is 2.35. The van der Waals surface area contributed by atoms with Crippen LogP contribution in [0.4, 0.5) is 0 Å². The molecule has 0 saturated heterocycles. The van der Waals surface area contributed by atoms with E-state index in [1.54, 1.807) is 18.3 Å². The van der Waals surface area contributed by atoms with Crippen LogP contribution in [0.25, 0.3) is 10.8 Å². The van der Waals surface area contributed by atoms with Crippen LogP contribution < -0.4 is 0 Å². The molecule has 2 heterocycles. The standard InChI is InChI=1S/C9H10N2O2S/c1-5-3-4-7(14-5)9-10-8(6(2)12)11-13-9/h3-4,6,12H,1-2H3. The van der Waals surface area contributed by atoms with Crippen LogP contribution in [0, 0.1) is 6.92 Å². The van der Waals surface area contributed by atoms with Gasteiger partial charge in [-0.3, -0.25) is 0 Å². The van der Waals surface area contributed by atoms with Crippen molar-refractivity contribution < 1.29 is 9.63 Å². The van der Waals surface area contributed by atoms with E-state index < -0.39 is 6.10 Å². The fourth-order valence-corrected chi connectivity index (χ4v) is 1.84. The summed E-state index contributed by atoms with van der Waals surface area (Å²) in [6.07, 6.45) is -0.687. The van der Waals surface area contributed by atoms with Gasteiger partial charge in [0.25, 0.3) is 5.89 Å². The van der Waals surface area contributed by atoms with Crippen molar-refractivity contribution in [3.63, 3.8) is 0 Å². The Balaban J connectivity index is 2.33. The summed E-state index contributed by atoms with van der Waals surface area (Å²) in [4.78, 5) is 6.20. The van der Waals surface area contributed by atoms with Crippen LogP contribution in [-0.2, 0) is 0 Å². The molecule has 0 aliphatic carbocycles. The number of aliphatic hydroxyl groups is 1. The molecule has 2 rings (SSSR count). The highest BCUT2D eigenvalue weighted by Gasteiger charge is 2.13. The molecule has 1 unspecified atom stereocenters. The highest BCUT2D eigenvalue weighted by atomic mass is 32.1. The Labute approximate surface area is 85.2 Å². The summed E-state index contributed by atoms with van der Waals surface area (Å²) in [5.41, 5.74) is 0. The van der Waals surface area contributed by atoms with E-state index in [9.17, 15) is 5.11 Å². The van der Waals surface area contributed by atoms with Crippen LogP contribution in [0.2, 0.25) is 0 Å². The van der Waals surface area contributed by atoms with Gasteiger partial charge in [-0.05, 0) is 26.0 Å². The number of hydrogen-bond donors (Lipinski definition) is 1. The third-order valence-electron chi connectivity index (χ3n) is 1.77. The third-order valence-corrected chi connectivity index (χ3v) is 2.76. The zero-order valence-corrected chi connectivity index (χ0v) is 8.71. The Bertz CT molecular complexity index is 433. The molecule has 2 aromatic heterocycles. The first-order valence-corrected chi connectivity index (χ1v) is 5.07. The molecule has 2 aromatic rings. The molecule has 14 heavy (non-hydrogen) atoms. The molecule has 5 heteroatoms. The summed E-state index contributed by atoms with van der Waals surface area (Å²) in [6.45, 7) is 3.62. The van der Waals surface area contributed by atoms with Gasteiger partial charge in [0.05, 0.1) is 4.88 Å². The molecule has 74 valence electrons. The number of thiophene rings is 1. The van der Waals surface area contributed by atoms with Crippen molar-refractivity contribution >= 4 is 11.3 Å². The fourth-order valence-electron chi connectivity index (χ4n) is 1.05. The number of nitrogens with zero attached hydrogens (tertiary/aromatic N) is 2. The van der Waals surface area contributed by atoms with Crippen molar-refractivity contribution in [1.29, 1.82) is 0 Å². The van der Waals surface area contributed by atoms with Crippen LogP contribution >= 0.6 is 11.3 Å². The average molecular weight is 210 g/mol. The van der Waals surface area contributed by atoms with Gasteiger partial charge in [-0.1, -0.05) is 5.16 Å². The van der Waals surface area contributed by atoms with Crippen molar-refractivity contribution in [2.45, 2.75) is 20.0 Å². The summed E-state index contributed by atoms with van der Waals surface area (Å²) in [7, 11) is 0. The Morgan fingerprint density at radius 2 is 2.29 bits per heavy atom. The van der Waals surface area contributed by atoms with Crippen LogP contribution in [-0.4, -0.2) is 15.2 Å². The SMILES string of the molecule is Cc1ccc(-c2nc(C(C)O)no2)s1. The molecule has 0 spiro atoms. The van der Waals surface area contributed by atoms with Crippen molar-refractivity contribution in [1.82, 2.24) is 10.1 Å². The Morgan fingerprint density at radius 1 is 1.50 bits per heavy atom. The zero-order valence-electron chi connectivity index (χ0n) is 7.89. The Morgan fingerprint density at radius 3 is 2.79 bits per heavy atom. The van der Waals surface area contributed by atoms with Crippen molar-refractivity contribution in [3.05, 3.63) is 22.8 Å². The molecular formula is C9H10N2O2S. The molecule has 1 atom stereocenters. The summed E-state index contributed by atoms with van der Waals surface area (Å²) in [6, 6.07) is 3.92. The lowest BCUT2D eigenvalue weighted by atomic mass is 10.4. The normalized spacial score (nSPS) is 13.1. The highest BCUT2D eigenvalue weighted by Crippen LogP contribution is 2.26. The van der Waals surface area contributed by atoms with E-state index in [4.69, 9.17) is 4.52 Å². The molecule has 0 bridgehead atoms. The maximum Gasteiger partial charge on any atom is 0.268 e. The molecule has 4 nitrogen and oxygen atoms in total. The number of hydrogen-bond acceptors (Lipinski definition) is 5. The van der Waals surface area contributed by atoms with Crippen LogP contribution in [0.1, 0.15) is 23.7 Å². The number of aryl methyl sites for hydroxylation is 1. The van der Waals surface area contributed by atoms with Crippen molar-refractivity contribution in [3.8, 4) is 10.8 Å². The van der Waals surface area contributed by atoms with E-state index in [1.807, 2.05) is 19.1 Å². The number of aliphatic hydroxyl groups excluding tert-OH is 1. The minimum absolute atomic E-state index is 0.325. The summed E-state index contributed by atoms with van der Waals surface area (Å²) in [5.74, 6) is 0.796.